The number of sulfonamides is 1. The van der Waals surface area contributed by atoms with Crippen molar-refractivity contribution in [1.82, 2.24) is 9.62 Å². The van der Waals surface area contributed by atoms with Crippen molar-refractivity contribution < 1.29 is 17.9 Å². The number of aryl methyl sites for hydroxylation is 1. The van der Waals surface area contributed by atoms with Crippen LogP contribution in [0.25, 0.3) is 0 Å². The molecule has 0 spiro atoms. The number of nitrogens with one attached hydrogen (secondary N) is 1. The lowest BCUT2D eigenvalue weighted by atomic mass is 10.1. The van der Waals surface area contributed by atoms with E-state index in [2.05, 4.69) is 5.32 Å². The molecule has 2 aromatic rings. The van der Waals surface area contributed by atoms with Gasteiger partial charge >= 0.3 is 0 Å². The van der Waals surface area contributed by atoms with E-state index in [9.17, 15) is 13.2 Å². The van der Waals surface area contributed by atoms with E-state index in [0.717, 1.165) is 5.56 Å². The van der Waals surface area contributed by atoms with Gasteiger partial charge in [-0.05, 0) is 35.7 Å². The van der Waals surface area contributed by atoms with Gasteiger partial charge in [-0.1, -0.05) is 42.8 Å². The minimum atomic E-state index is -3.68. The van der Waals surface area contributed by atoms with Crippen LogP contribution in [0.1, 0.15) is 28.4 Å². The number of carbonyl (C=O) groups is 1. The van der Waals surface area contributed by atoms with Gasteiger partial charge in [-0.2, -0.15) is 4.31 Å². The molecule has 1 saturated heterocycles. The van der Waals surface area contributed by atoms with E-state index in [-0.39, 0.29) is 17.3 Å². The Hall–Kier alpha value is -1.93. The average molecular weight is 423 g/mol. The van der Waals surface area contributed by atoms with Crippen LogP contribution in [0, 0.1) is 0 Å². The summed E-state index contributed by atoms with van der Waals surface area (Å²) in [4.78, 5) is 12.8. The van der Waals surface area contributed by atoms with Crippen molar-refractivity contribution in [2.75, 3.05) is 26.3 Å². The Morgan fingerprint density at radius 3 is 2.54 bits per heavy atom. The number of amides is 1. The molecule has 0 bridgehead atoms. The topological polar surface area (TPSA) is 75.7 Å². The largest absolute Gasteiger partial charge is 0.379 e. The maximum Gasteiger partial charge on any atom is 0.251 e. The molecule has 6 nitrogen and oxygen atoms in total. The van der Waals surface area contributed by atoms with Crippen LogP contribution >= 0.6 is 11.6 Å². The van der Waals surface area contributed by atoms with Crippen LogP contribution in [0.4, 0.5) is 0 Å². The number of ether oxygens (including phenoxy) is 1. The van der Waals surface area contributed by atoms with Crippen LogP contribution in [-0.2, 0) is 27.7 Å². The molecule has 0 radical (unpaired) electrons. The summed E-state index contributed by atoms with van der Waals surface area (Å²) in [7, 11) is -3.68. The number of carbonyl (C=O) groups excluding carboxylic acids is 1. The van der Waals surface area contributed by atoms with Crippen LogP contribution in [0.5, 0.6) is 0 Å². The fourth-order valence-corrected chi connectivity index (χ4v) is 5.00. The van der Waals surface area contributed by atoms with Crippen LogP contribution in [0.2, 0.25) is 5.02 Å². The molecule has 1 fully saturated rings. The van der Waals surface area contributed by atoms with Crippen molar-refractivity contribution in [3.05, 3.63) is 64.2 Å². The quantitative estimate of drug-likeness (QED) is 0.776. The van der Waals surface area contributed by atoms with Gasteiger partial charge in [0.05, 0.1) is 18.1 Å². The third kappa shape index (κ3) is 4.55. The van der Waals surface area contributed by atoms with Gasteiger partial charge in [-0.15, -0.1) is 0 Å². The SMILES string of the molecule is CCc1ccc(C(=O)NCc2ccccc2Cl)cc1S(=O)(=O)N1CCOCC1. The Kier molecular flexibility index (Phi) is 6.72. The molecular formula is C20H23ClN2O4S. The standard InChI is InChI=1S/C20H23ClN2O4S/c1-2-15-7-8-16(20(24)22-14-17-5-3-4-6-18(17)21)13-19(15)28(25,26)23-9-11-27-12-10-23/h3-8,13H,2,9-12,14H2,1H3,(H,22,24). The maximum atomic E-state index is 13.1. The minimum Gasteiger partial charge on any atom is -0.379 e. The summed E-state index contributed by atoms with van der Waals surface area (Å²) in [5.41, 5.74) is 1.79. The number of hydrogen-bond donors (Lipinski definition) is 1. The second-order valence-corrected chi connectivity index (χ2v) is 8.78. The molecule has 0 aliphatic carbocycles. The third-order valence-corrected chi connectivity index (χ3v) is 7.04. The molecular weight excluding hydrogens is 400 g/mol. The molecule has 8 heteroatoms. The Labute approximate surface area is 170 Å². The van der Waals surface area contributed by atoms with Crippen molar-refractivity contribution >= 4 is 27.5 Å². The van der Waals surface area contributed by atoms with E-state index in [1.165, 1.54) is 10.4 Å². The second-order valence-electron chi connectivity index (χ2n) is 6.47. The molecule has 1 N–H and O–H groups in total. The number of benzene rings is 2. The first-order valence-corrected chi connectivity index (χ1v) is 11.0. The van der Waals surface area contributed by atoms with E-state index in [4.69, 9.17) is 16.3 Å². The highest BCUT2D eigenvalue weighted by Crippen LogP contribution is 2.24. The van der Waals surface area contributed by atoms with E-state index in [1.807, 2.05) is 25.1 Å². The molecule has 0 saturated carbocycles. The molecule has 0 unspecified atom stereocenters. The normalized spacial score (nSPS) is 15.4. The predicted molar refractivity (Wildman–Crippen MR) is 108 cm³/mol. The summed E-state index contributed by atoms with van der Waals surface area (Å²) < 4.78 is 32.8. The smallest absolute Gasteiger partial charge is 0.251 e. The van der Waals surface area contributed by atoms with Crippen LogP contribution < -0.4 is 5.32 Å². The molecule has 1 aliphatic rings. The van der Waals surface area contributed by atoms with Crippen molar-refractivity contribution in [2.24, 2.45) is 0 Å². The zero-order valence-electron chi connectivity index (χ0n) is 15.7. The average Bonchev–Trinajstić information content (AvgIpc) is 2.73. The van der Waals surface area contributed by atoms with Gasteiger partial charge in [0.25, 0.3) is 5.91 Å². The van der Waals surface area contributed by atoms with Gasteiger partial charge in [0.1, 0.15) is 0 Å². The van der Waals surface area contributed by atoms with Gasteiger partial charge in [-0.3, -0.25) is 4.79 Å². The van der Waals surface area contributed by atoms with Crippen molar-refractivity contribution in [1.29, 1.82) is 0 Å². The molecule has 1 amide bonds. The van der Waals surface area contributed by atoms with Gasteiger partial charge < -0.3 is 10.1 Å². The molecule has 28 heavy (non-hydrogen) atoms. The fraction of sp³-hybridized carbons (Fsp3) is 0.350. The lowest BCUT2D eigenvalue weighted by Crippen LogP contribution is -2.41. The maximum absolute atomic E-state index is 13.1. The monoisotopic (exact) mass is 422 g/mol. The lowest BCUT2D eigenvalue weighted by Gasteiger charge is -2.27. The van der Waals surface area contributed by atoms with E-state index >= 15 is 0 Å². The van der Waals surface area contributed by atoms with E-state index in [1.54, 1.807) is 18.2 Å². The number of halogens is 1. The zero-order chi connectivity index (χ0) is 20.1. The minimum absolute atomic E-state index is 0.183. The second kappa shape index (κ2) is 9.05. The van der Waals surface area contributed by atoms with Gasteiger partial charge in [0.2, 0.25) is 10.0 Å². The highest BCUT2D eigenvalue weighted by molar-refractivity contribution is 7.89. The molecule has 150 valence electrons. The van der Waals surface area contributed by atoms with Gasteiger partial charge in [0, 0.05) is 30.2 Å². The molecule has 3 rings (SSSR count). The van der Waals surface area contributed by atoms with Crippen molar-refractivity contribution in [3.63, 3.8) is 0 Å². The lowest BCUT2D eigenvalue weighted by molar-refractivity contribution is 0.0730. The summed E-state index contributed by atoms with van der Waals surface area (Å²) in [6.07, 6.45) is 0.556. The molecule has 2 aromatic carbocycles. The first-order valence-electron chi connectivity index (χ1n) is 9.16. The summed E-state index contributed by atoms with van der Waals surface area (Å²) in [6.45, 7) is 3.53. The molecule has 1 heterocycles. The zero-order valence-corrected chi connectivity index (χ0v) is 17.2. The summed E-state index contributed by atoms with van der Waals surface area (Å²) in [6, 6.07) is 12.1. The summed E-state index contributed by atoms with van der Waals surface area (Å²) in [5, 5.41) is 3.37. The highest BCUT2D eigenvalue weighted by atomic mass is 35.5. The van der Waals surface area contributed by atoms with Gasteiger partial charge in [0.15, 0.2) is 0 Å². The van der Waals surface area contributed by atoms with E-state index in [0.29, 0.717) is 48.9 Å². The van der Waals surface area contributed by atoms with Gasteiger partial charge in [-0.25, -0.2) is 8.42 Å². The summed E-state index contributed by atoms with van der Waals surface area (Å²) in [5.74, 6) is -0.346. The third-order valence-electron chi connectivity index (χ3n) is 4.70. The van der Waals surface area contributed by atoms with E-state index < -0.39 is 10.0 Å². The molecule has 1 aliphatic heterocycles. The highest BCUT2D eigenvalue weighted by Gasteiger charge is 2.29. The van der Waals surface area contributed by atoms with Crippen LogP contribution in [-0.4, -0.2) is 44.9 Å². The first-order chi connectivity index (χ1) is 13.4. The number of rotatable bonds is 6. The molecule has 0 aromatic heterocycles. The van der Waals surface area contributed by atoms with Crippen molar-refractivity contribution in [2.45, 2.75) is 24.8 Å². The van der Waals surface area contributed by atoms with Crippen molar-refractivity contribution in [3.8, 4) is 0 Å². The van der Waals surface area contributed by atoms with Crippen LogP contribution in [0.15, 0.2) is 47.4 Å². The van der Waals surface area contributed by atoms with Crippen LogP contribution in [0.3, 0.4) is 0 Å². The number of morpholine rings is 1. The summed E-state index contributed by atoms with van der Waals surface area (Å²) >= 11 is 6.12. The molecule has 0 atom stereocenters. The predicted octanol–water partition coefficient (Wildman–Crippen LogP) is 2.85. The Bertz CT molecular complexity index is 956. The fourth-order valence-electron chi connectivity index (χ4n) is 3.07. The number of hydrogen-bond acceptors (Lipinski definition) is 4. The first kappa shape index (κ1) is 20.8. The Morgan fingerprint density at radius 2 is 1.86 bits per heavy atom. The Morgan fingerprint density at radius 1 is 1.14 bits per heavy atom. The number of nitrogens with zero attached hydrogens (tertiary/aromatic N) is 1. The Balaban J connectivity index is 1.84.